The standard InChI is InChI=1S/C22H22F4N2O.ClH/c23-18-17(6-3-8-27-10-12-29-13-11-27)19(24)21(26)22(20(18)25)28-9-7-15-4-1-2-5-16(15)14-28;/h1-6H,7-14H2;1H. The molecule has 162 valence electrons. The molecule has 0 saturated carbocycles. The fraction of sp³-hybridized carbons (Fsp3) is 0.364. The lowest BCUT2D eigenvalue weighted by molar-refractivity contribution is 0.0435. The lowest BCUT2D eigenvalue weighted by Crippen LogP contribution is -2.36. The monoisotopic (exact) mass is 442 g/mol. The predicted molar refractivity (Wildman–Crippen MR) is 111 cm³/mol. The summed E-state index contributed by atoms with van der Waals surface area (Å²) in [5.41, 5.74) is 0.648. The molecule has 0 spiro atoms. The second-order valence-electron chi connectivity index (χ2n) is 7.27. The van der Waals surface area contributed by atoms with E-state index < -0.39 is 34.5 Å². The number of nitrogens with zero attached hydrogens (tertiary/aromatic N) is 2. The average molecular weight is 443 g/mol. The molecule has 30 heavy (non-hydrogen) atoms. The zero-order valence-corrected chi connectivity index (χ0v) is 17.2. The molecule has 0 atom stereocenters. The number of rotatable bonds is 4. The zero-order chi connectivity index (χ0) is 20.4. The van der Waals surface area contributed by atoms with Crippen LogP contribution in [0.2, 0.25) is 0 Å². The van der Waals surface area contributed by atoms with Gasteiger partial charge in [-0.1, -0.05) is 36.4 Å². The lowest BCUT2D eigenvalue weighted by atomic mass is 9.99. The van der Waals surface area contributed by atoms with Crippen LogP contribution in [-0.2, 0) is 17.7 Å². The molecule has 1 fully saturated rings. The Balaban J connectivity index is 0.00000256. The van der Waals surface area contributed by atoms with E-state index in [9.17, 15) is 17.6 Å². The van der Waals surface area contributed by atoms with Gasteiger partial charge in [-0.2, -0.15) is 0 Å². The van der Waals surface area contributed by atoms with Crippen LogP contribution in [0.5, 0.6) is 0 Å². The summed E-state index contributed by atoms with van der Waals surface area (Å²) in [6, 6.07) is 7.53. The van der Waals surface area contributed by atoms with Crippen LogP contribution in [0, 0.1) is 23.3 Å². The third-order valence-corrected chi connectivity index (χ3v) is 5.47. The first-order valence-electron chi connectivity index (χ1n) is 9.70. The minimum Gasteiger partial charge on any atom is -0.379 e. The molecule has 8 heteroatoms. The summed E-state index contributed by atoms with van der Waals surface area (Å²) < 4.78 is 64.0. The second-order valence-corrected chi connectivity index (χ2v) is 7.27. The van der Waals surface area contributed by atoms with Crippen LogP contribution in [0.3, 0.4) is 0 Å². The van der Waals surface area contributed by atoms with Gasteiger partial charge in [0, 0.05) is 32.7 Å². The molecule has 0 radical (unpaired) electrons. The van der Waals surface area contributed by atoms with Crippen molar-refractivity contribution in [3.8, 4) is 0 Å². The Morgan fingerprint density at radius 2 is 1.50 bits per heavy atom. The molecule has 0 unspecified atom stereocenters. The largest absolute Gasteiger partial charge is 0.379 e. The topological polar surface area (TPSA) is 15.7 Å². The van der Waals surface area contributed by atoms with Crippen LogP contribution in [-0.4, -0.2) is 44.3 Å². The van der Waals surface area contributed by atoms with Crippen molar-refractivity contribution in [1.29, 1.82) is 0 Å². The Morgan fingerprint density at radius 1 is 0.867 bits per heavy atom. The molecular weight excluding hydrogens is 420 g/mol. The molecule has 1 saturated heterocycles. The fourth-order valence-electron chi connectivity index (χ4n) is 3.85. The average Bonchev–Trinajstić information content (AvgIpc) is 2.75. The van der Waals surface area contributed by atoms with Crippen molar-refractivity contribution in [2.45, 2.75) is 13.0 Å². The number of fused-ring (bicyclic) bond motifs is 1. The molecule has 2 heterocycles. The molecule has 0 bridgehead atoms. The zero-order valence-electron chi connectivity index (χ0n) is 16.3. The SMILES string of the molecule is Cl.Fc1c(F)c(N2CCc3ccccc3C2)c(F)c(F)c1C=CCN1CCOCC1. The van der Waals surface area contributed by atoms with Gasteiger partial charge in [0.25, 0.3) is 0 Å². The van der Waals surface area contributed by atoms with Gasteiger partial charge in [0.05, 0.1) is 18.8 Å². The van der Waals surface area contributed by atoms with Crippen LogP contribution < -0.4 is 4.90 Å². The van der Waals surface area contributed by atoms with E-state index >= 15 is 0 Å². The fourth-order valence-corrected chi connectivity index (χ4v) is 3.85. The van der Waals surface area contributed by atoms with E-state index in [4.69, 9.17) is 4.74 Å². The third-order valence-electron chi connectivity index (χ3n) is 5.47. The maximum Gasteiger partial charge on any atom is 0.185 e. The summed E-state index contributed by atoms with van der Waals surface area (Å²) in [5, 5.41) is 0. The maximum absolute atomic E-state index is 14.8. The number of halogens is 5. The van der Waals surface area contributed by atoms with Crippen molar-refractivity contribution < 1.29 is 22.3 Å². The third kappa shape index (κ3) is 4.48. The summed E-state index contributed by atoms with van der Waals surface area (Å²) in [6.45, 7) is 3.50. The highest BCUT2D eigenvalue weighted by Gasteiger charge is 2.29. The highest BCUT2D eigenvalue weighted by Crippen LogP contribution is 2.34. The van der Waals surface area contributed by atoms with Gasteiger partial charge in [0.15, 0.2) is 23.3 Å². The Bertz CT molecular complexity index is 903. The van der Waals surface area contributed by atoms with Gasteiger partial charge in [-0.15, -0.1) is 12.4 Å². The minimum atomic E-state index is -1.36. The van der Waals surface area contributed by atoms with Gasteiger partial charge in [-0.05, 0) is 17.5 Å². The number of benzene rings is 2. The molecule has 2 aliphatic rings. The highest BCUT2D eigenvalue weighted by atomic mass is 35.5. The van der Waals surface area contributed by atoms with Gasteiger partial charge in [-0.25, -0.2) is 17.6 Å². The number of hydrogen-bond donors (Lipinski definition) is 0. The predicted octanol–water partition coefficient (Wildman–Crippen LogP) is 4.57. The Morgan fingerprint density at radius 3 is 2.17 bits per heavy atom. The van der Waals surface area contributed by atoms with Crippen LogP contribution in [0.1, 0.15) is 16.7 Å². The lowest BCUT2D eigenvalue weighted by Gasteiger charge is -2.31. The van der Waals surface area contributed by atoms with E-state index in [0.717, 1.165) is 17.2 Å². The van der Waals surface area contributed by atoms with Crippen LogP contribution >= 0.6 is 12.4 Å². The molecule has 0 aliphatic carbocycles. The highest BCUT2D eigenvalue weighted by molar-refractivity contribution is 5.85. The Kier molecular flexibility index (Phi) is 7.39. The molecular formula is C22H23ClF4N2O. The minimum absolute atomic E-state index is 0. The molecule has 0 aromatic heterocycles. The van der Waals surface area contributed by atoms with E-state index in [2.05, 4.69) is 0 Å². The Labute approximate surface area is 179 Å². The molecule has 2 aromatic carbocycles. The van der Waals surface area contributed by atoms with Gasteiger partial charge in [0.2, 0.25) is 0 Å². The maximum atomic E-state index is 14.8. The first-order chi connectivity index (χ1) is 14.1. The first kappa shape index (κ1) is 22.6. The van der Waals surface area contributed by atoms with Crippen LogP contribution in [0.15, 0.2) is 30.3 Å². The van der Waals surface area contributed by atoms with E-state index in [1.165, 1.54) is 11.0 Å². The molecule has 2 aromatic rings. The summed E-state index contributed by atoms with van der Waals surface area (Å²) in [5.74, 6) is -5.43. The number of hydrogen-bond acceptors (Lipinski definition) is 3. The van der Waals surface area contributed by atoms with Crippen molar-refractivity contribution in [2.75, 3.05) is 44.3 Å². The quantitative estimate of drug-likeness (QED) is 0.509. The van der Waals surface area contributed by atoms with E-state index in [1.807, 2.05) is 29.2 Å². The van der Waals surface area contributed by atoms with Crippen LogP contribution in [0.4, 0.5) is 23.2 Å². The van der Waals surface area contributed by atoms with Gasteiger partial charge < -0.3 is 9.64 Å². The Hall–Kier alpha value is -2.09. The molecule has 3 nitrogen and oxygen atoms in total. The first-order valence-corrected chi connectivity index (χ1v) is 9.70. The van der Waals surface area contributed by atoms with E-state index in [0.29, 0.717) is 39.3 Å². The molecule has 4 rings (SSSR count). The van der Waals surface area contributed by atoms with E-state index in [1.54, 1.807) is 0 Å². The van der Waals surface area contributed by atoms with Gasteiger partial charge >= 0.3 is 0 Å². The van der Waals surface area contributed by atoms with Gasteiger partial charge in [-0.3, -0.25) is 4.90 Å². The second kappa shape index (κ2) is 9.81. The van der Waals surface area contributed by atoms with Crippen molar-refractivity contribution in [3.63, 3.8) is 0 Å². The van der Waals surface area contributed by atoms with Crippen molar-refractivity contribution in [3.05, 3.63) is 70.3 Å². The smallest absolute Gasteiger partial charge is 0.185 e. The molecule has 2 aliphatic heterocycles. The molecule has 0 N–H and O–H groups in total. The number of anilines is 1. The summed E-state index contributed by atoms with van der Waals surface area (Å²) in [4.78, 5) is 3.39. The molecule has 0 amide bonds. The number of ether oxygens (including phenoxy) is 1. The van der Waals surface area contributed by atoms with Crippen molar-refractivity contribution in [2.24, 2.45) is 0 Å². The number of morpholine rings is 1. The van der Waals surface area contributed by atoms with Crippen LogP contribution in [0.25, 0.3) is 6.08 Å². The van der Waals surface area contributed by atoms with E-state index in [-0.39, 0.29) is 25.5 Å². The summed E-state index contributed by atoms with van der Waals surface area (Å²) in [7, 11) is 0. The normalized spacial score (nSPS) is 17.1. The summed E-state index contributed by atoms with van der Waals surface area (Å²) in [6.07, 6.45) is 3.18. The van der Waals surface area contributed by atoms with Gasteiger partial charge in [0.1, 0.15) is 5.69 Å². The summed E-state index contributed by atoms with van der Waals surface area (Å²) >= 11 is 0. The van der Waals surface area contributed by atoms with Crippen molar-refractivity contribution in [1.82, 2.24) is 4.90 Å². The van der Waals surface area contributed by atoms with Crippen molar-refractivity contribution >= 4 is 24.2 Å².